The fourth-order valence-electron chi connectivity index (χ4n) is 3.96. The number of hydrogen-bond donors (Lipinski definition) is 1. The minimum Gasteiger partial charge on any atom is -0.497 e. The number of aryl methyl sites for hydroxylation is 4. The van der Waals surface area contributed by atoms with E-state index in [9.17, 15) is 4.79 Å². The van der Waals surface area contributed by atoms with Gasteiger partial charge in [0, 0.05) is 16.6 Å². The Morgan fingerprint density at radius 2 is 1.71 bits per heavy atom. The van der Waals surface area contributed by atoms with Crippen molar-refractivity contribution in [1.29, 1.82) is 0 Å². The van der Waals surface area contributed by atoms with Crippen LogP contribution in [0.25, 0.3) is 22.0 Å². The van der Waals surface area contributed by atoms with E-state index in [-0.39, 0.29) is 5.43 Å². The van der Waals surface area contributed by atoms with E-state index in [2.05, 4.69) is 31.8 Å². The normalized spacial score (nSPS) is 12.5. The second-order valence-electron chi connectivity index (χ2n) is 7.62. The van der Waals surface area contributed by atoms with Gasteiger partial charge in [0.1, 0.15) is 5.75 Å². The Morgan fingerprint density at radius 3 is 2.32 bits per heavy atom. The Hall–Kier alpha value is -2.55. The summed E-state index contributed by atoms with van der Waals surface area (Å²) in [5, 5.41) is 0.888. The maximum absolute atomic E-state index is 13.4. The minimum atomic E-state index is 0.147. The zero-order chi connectivity index (χ0) is 20.3. The molecular formula is C25H31NO2. The van der Waals surface area contributed by atoms with Crippen LogP contribution in [0.4, 0.5) is 0 Å². The highest BCUT2D eigenvalue weighted by atomic mass is 16.5. The highest BCUT2D eigenvalue weighted by Gasteiger charge is 2.21. The molecule has 0 radical (unpaired) electrons. The molecule has 0 atom stereocenters. The summed E-state index contributed by atoms with van der Waals surface area (Å²) in [6, 6.07) is 9.96. The Morgan fingerprint density at radius 1 is 1.04 bits per heavy atom. The van der Waals surface area contributed by atoms with E-state index >= 15 is 0 Å². The van der Waals surface area contributed by atoms with Crippen LogP contribution in [0.3, 0.4) is 0 Å². The Balaban J connectivity index is 0.000000516. The van der Waals surface area contributed by atoms with E-state index in [1.165, 1.54) is 24.0 Å². The zero-order valence-electron chi connectivity index (χ0n) is 17.7. The molecule has 0 bridgehead atoms. The maximum Gasteiger partial charge on any atom is 0.197 e. The average molecular weight is 378 g/mol. The first-order chi connectivity index (χ1) is 13.5. The lowest BCUT2D eigenvalue weighted by Gasteiger charge is -2.13. The molecule has 0 aliphatic heterocycles. The van der Waals surface area contributed by atoms with Gasteiger partial charge >= 0.3 is 0 Å². The second-order valence-corrected chi connectivity index (χ2v) is 7.62. The molecule has 4 rings (SSSR count). The molecule has 1 aromatic heterocycles. The van der Waals surface area contributed by atoms with Crippen LogP contribution < -0.4 is 10.2 Å². The lowest BCUT2D eigenvalue weighted by atomic mass is 9.95. The largest absolute Gasteiger partial charge is 0.497 e. The van der Waals surface area contributed by atoms with Gasteiger partial charge in [0.15, 0.2) is 5.43 Å². The number of unbranched alkanes of at least 4 members (excludes halogenated alkanes) is 1. The summed E-state index contributed by atoms with van der Waals surface area (Å²) >= 11 is 0. The van der Waals surface area contributed by atoms with Crippen molar-refractivity contribution in [1.82, 2.24) is 4.98 Å². The molecule has 0 saturated carbocycles. The molecule has 0 fully saturated rings. The number of ether oxygens (including phenoxy) is 1. The SMILES string of the molecule is CCCC.COc1ccc(-c2c(C)[nH]c3c(C)cc4c(c3c2=O)CCC4)cc1. The summed E-state index contributed by atoms with van der Waals surface area (Å²) in [6.45, 7) is 8.43. The molecule has 0 saturated heterocycles. The molecule has 148 valence electrons. The number of pyridine rings is 1. The van der Waals surface area contributed by atoms with Crippen LogP contribution >= 0.6 is 0 Å². The molecule has 3 nitrogen and oxygen atoms in total. The smallest absolute Gasteiger partial charge is 0.197 e. The quantitative estimate of drug-likeness (QED) is 0.598. The van der Waals surface area contributed by atoms with E-state index in [1.807, 2.05) is 31.2 Å². The summed E-state index contributed by atoms with van der Waals surface area (Å²) in [5.41, 5.74) is 7.51. The van der Waals surface area contributed by atoms with Gasteiger partial charge in [-0.05, 0) is 67.5 Å². The van der Waals surface area contributed by atoms with Gasteiger partial charge in [-0.25, -0.2) is 0 Å². The lowest BCUT2D eigenvalue weighted by Crippen LogP contribution is -2.12. The van der Waals surface area contributed by atoms with Gasteiger partial charge in [0.05, 0.1) is 12.6 Å². The molecule has 2 aromatic carbocycles. The summed E-state index contributed by atoms with van der Waals surface area (Å²) < 4.78 is 5.23. The number of benzene rings is 2. The zero-order valence-corrected chi connectivity index (χ0v) is 17.7. The molecule has 3 aromatic rings. The third-order valence-corrected chi connectivity index (χ3v) is 5.62. The number of hydrogen-bond acceptors (Lipinski definition) is 2. The number of rotatable bonds is 3. The first kappa shape index (κ1) is 20.2. The molecular weight excluding hydrogens is 346 g/mol. The number of methoxy groups -OCH3 is 1. The molecule has 1 heterocycles. The fourth-order valence-corrected chi connectivity index (χ4v) is 3.96. The van der Waals surface area contributed by atoms with E-state index in [0.717, 1.165) is 58.3 Å². The number of nitrogens with one attached hydrogen (secondary N) is 1. The first-order valence-electron chi connectivity index (χ1n) is 10.3. The number of fused-ring (bicyclic) bond motifs is 3. The summed E-state index contributed by atoms with van der Waals surface area (Å²) in [5.74, 6) is 0.797. The molecule has 0 amide bonds. The summed E-state index contributed by atoms with van der Waals surface area (Å²) in [4.78, 5) is 16.9. The average Bonchev–Trinajstić information content (AvgIpc) is 3.16. The third kappa shape index (κ3) is 3.71. The topological polar surface area (TPSA) is 42.1 Å². The molecule has 3 heteroatoms. The van der Waals surface area contributed by atoms with Gasteiger partial charge < -0.3 is 9.72 Å². The van der Waals surface area contributed by atoms with Crippen molar-refractivity contribution in [3.05, 3.63) is 62.9 Å². The number of aromatic nitrogens is 1. The van der Waals surface area contributed by atoms with Gasteiger partial charge in [0.25, 0.3) is 0 Å². The van der Waals surface area contributed by atoms with Crippen LogP contribution in [0, 0.1) is 13.8 Å². The summed E-state index contributed by atoms with van der Waals surface area (Å²) in [6.07, 6.45) is 5.86. The Labute approximate surface area is 167 Å². The van der Waals surface area contributed by atoms with Crippen LogP contribution in [-0.4, -0.2) is 12.1 Å². The predicted molar refractivity (Wildman–Crippen MR) is 119 cm³/mol. The monoisotopic (exact) mass is 377 g/mol. The molecule has 0 unspecified atom stereocenters. The van der Waals surface area contributed by atoms with Crippen molar-refractivity contribution in [2.24, 2.45) is 0 Å². The maximum atomic E-state index is 13.4. The van der Waals surface area contributed by atoms with Gasteiger partial charge in [0.2, 0.25) is 0 Å². The fraction of sp³-hybridized carbons (Fsp3) is 0.400. The second kappa shape index (κ2) is 8.64. The van der Waals surface area contributed by atoms with E-state index in [0.29, 0.717) is 0 Å². The Kier molecular flexibility index (Phi) is 6.23. The van der Waals surface area contributed by atoms with Crippen LogP contribution in [0.5, 0.6) is 5.75 Å². The van der Waals surface area contributed by atoms with Gasteiger partial charge in [-0.1, -0.05) is 44.9 Å². The van der Waals surface area contributed by atoms with Crippen molar-refractivity contribution >= 4 is 10.9 Å². The van der Waals surface area contributed by atoms with Crippen molar-refractivity contribution in [2.45, 2.75) is 59.8 Å². The Bertz CT molecular complexity index is 1030. The van der Waals surface area contributed by atoms with E-state index in [1.54, 1.807) is 7.11 Å². The van der Waals surface area contributed by atoms with Crippen LogP contribution in [0.15, 0.2) is 35.1 Å². The van der Waals surface area contributed by atoms with Gasteiger partial charge in [-0.3, -0.25) is 4.79 Å². The molecule has 1 aliphatic carbocycles. The highest BCUT2D eigenvalue weighted by Crippen LogP contribution is 2.32. The standard InChI is InChI=1S/C21H21NO2.C4H10/c1-12-11-15-5-4-6-17(15)19-20(12)22-13(2)18(21(19)23)14-7-9-16(24-3)10-8-14;1-3-4-2/h7-11H,4-6H2,1-3H3,(H,22,23);3-4H2,1-2H3. The molecule has 1 aliphatic rings. The van der Waals surface area contributed by atoms with E-state index in [4.69, 9.17) is 4.74 Å². The number of aromatic amines is 1. The van der Waals surface area contributed by atoms with Gasteiger partial charge in [-0.2, -0.15) is 0 Å². The van der Waals surface area contributed by atoms with Crippen LogP contribution in [0.1, 0.15) is 55.5 Å². The molecule has 0 spiro atoms. The van der Waals surface area contributed by atoms with Crippen molar-refractivity contribution in [3.8, 4) is 16.9 Å². The molecule has 28 heavy (non-hydrogen) atoms. The van der Waals surface area contributed by atoms with Crippen LogP contribution in [-0.2, 0) is 12.8 Å². The first-order valence-corrected chi connectivity index (χ1v) is 10.3. The lowest BCUT2D eigenvalue weighted by molar-refractivity contribution is 0.415. The summed E-state index contributed by atoms with van der Waals surface area (Å²) in [7, 11) is 1.65. The molecule has 1 N–H and O–H groups in total. The van der Waals surface area contributed by atoms with Crippen molar-refractivity contribution in [3.63, 3.8) is 0 Å². The van der Waals surface area contributed by atoms with E-state index < -0.39 is 0 Å². The minimum absolute atomic E-state index is 0.147. The van der Waals surface area contributed by atoms with Crippen molar-refractivity contribution in [2.75, 3.05) is 7.11 Å². The predicted octanol–water partition coefficient (Wildman–Crippen LogP) is 6.12. The third-order valence-electron chi connectivity index (χ3n) is 5.62. The number of H-pyrrole nitrogens is 1. The van der Waals surface area contributed by atoms with Crippen LogP contribution in [0.2, 0.25) is 0 Å². The van der Waals surface area contributed by atoms with Gasteiger partial charge in [-0.15, -0.1) is 0 Å². The highest BCUT2D eigenvalue weighted by molar-refractivity contribution is 5.91. The van der Waals surface area contributed by atoms with Crippen molar-refractivity contribution < 1.29 is 4.74 Å².